The molecule has 1 atom stereocenters. The molecule has 0 heterocycles. The molecule has 0 spiro atoms. The molecule has 0 aliphatic carbocycles. The maximum atomic E-state index is 11.8. The molecule has 0 aromatic heterocycles. The molecule has 0 amide bonds. The van der Waals surface area contributed by atoms with Crippen molar-refractivity contribution >= 4 is 23.3 Å². The van der Waals surface area contributed by atoms with Gasteiger partial charge in [0.05, 0.1) is 22.1 Å². The zero-order chi connectivity index (χ0) is 14.4. The minimum atomic E-state index is -0.707. The molecule has 6 nitrogen and oxygen atoms in total. The molecule has 1 aromatic carbocycles. The van der Waals surface area contributed by atoms with Crippen LogP contribution in [0.5, 0.6) is 0 Å². The number of hydrogen-bond donors (Lipinski definition) is 0. The van der Waals surface area contributed by atoms with Crippen LogP contribution in [0.3, 0.4) is 0 Å². The Kier molecular flexibility index (Phi) is 5.72. The van der Waals surface area contributed by atoms with Gasteiger partial charge in [-0.05, 0) is 19.9 Å². The smallest absolute Gasteiger partial charge is 0.340 e. The van der Waals surface area contributed by atoms with E-state index < -0.39 is 17.0 Å². The number of halogens is 1. The Hall–Kier alpha value is -1.66. The summed E-state index contributed by atoms with van der Waals surface area (Å²) >= 11 is 5.83. The first kappa shape index (κ1) is 15.4. The lowest BCUT2D eigenvalue weighted by Gasteiger charge is -2.13. The van der Waals surface area contributed by atoms with Gasteiger partial charge in [-0.1, -0.05) is 11.6 Å². The van der Waals surface area contributed by atoms with Gasteiger partial charge >= 0.3 is 5.97 Å². The highest BCUT2D eigenvalue weighted by molar-refractivity contribution is 6.33. The van der Waals surface area contributed by atoms with Crippen molar-refractivity contribution in [1.29, 1.82) is 0 Å². The second-order valence-corrected chi connectivity index (χ2v) is 4.20. The average Bonchev–Trinajstić information content (AvgIpc) is 2.36. The molecule has 0 radical (unpaired) electrons. The first-order valence-corrected chi connectivity index (χ1v) is 6.06. The van der Waals surface area contributed by atoms with Crippen LogP contribution >= 0.6 is 11.6 Å². The number of rotatable bonds is 6. The monoisotopic (exact) mass is 287 g/mol. The maximum Gasteiger partial charge on any atom is 0.340 e. The van der Waals surface area contributed by atoms with Gasteiger partial charge in [0.25, 0.3) is 5.69 Å². The van der Waals surface area contributed by atoms with Crippen molar-refractivity contribution in [2.45, 2.75) is 20.0 Å². The highest BCUT2D eigenvalue weighted by Crippen LogP contribution is 2.23. The van der Waals surface area contributed by atoms with Crippen LogP contribution in [-0.2, 0) is 9.47 Å². The van der Waals surface area contributed by atoms with Gasteiger partial charge in [-0.25, -0.2) is 4.79 Å². The quantitative estimate of drug-likeness (QED) is 0.457. The topological polar surface area (TPSA) is 78.7 Å². The number of carbonyl (C=O) groups is 1. The summed E-state index contributed by atoms with van der Waals surface area (Å²) in [5.41, 5.74) is -0.243. The molecule has 0 bridgehead atoms. The number of benzene rings is 1. The van der Waals surface area contributed by atoms with Gasteiger partial charge < -0.3 is 9.47 Å². The Morgan fingerprint density at radius 1 is 1.53 bits per heavy atom. The van der Waals surface area contributed by atoms with Gasteiger partial charge in [0.2, 0.25) is 0 Å². The van der Waals surface area contributed by atoms with Gasteiger partial charge in [0.1, 0.15) is 6.10 Å². The molecular weight excluding hydrogens is 274 g/mol. The molecule has 1 rings (SSSR count). The van der Waals surface area contributed by atoms with Crippen molar-refractivity contribution in [1.82, 2.24) is 0 Å². The summed E-state index contributed by atoms with van der Waals surface area (Å²) in [7, 11) is 0. The molecular formula is C12H14ClNO5. The SMILES string of the molecule is CCOCC(C)OC(=O)c1cc([N+](=O)[O-])ccc1Cl. The second-order valence-electron chi connectivity index (χ2n) is 3.80. The molecule has 7 heteroatoms. The van der Waals surface area contributed by atoms with Gasteiger partial charge in [0.15, 0.2) is 0 Å². The fraction of sp³-hybridized carbons (Fsp3) is 0.417. The van der Waals surface area contributed by atoms with E-state index in [1.165, 1.54) is 12.1 Å². The van der Waals surface area contributed by atoms with Crippen molar-refractivity contribution in [2.75, 3.05) is 13.2 Å². The summed E-state index contributed by atoms with van der Waals surface area (Å²) in [6.07, 6.45) is -0.456. The number of ether oxygens (including phenoxy) is 2. The average molecular weight is 288 g/mol. The summed E-state index contributed by atoms with van der Waals surface area (Å²) in [5.74, 6) is -0.707. The van der Waals surface area contributed by atoms with Crippen LogP contribution in [0, 0.1) is 10.1 Å². The number of nitrogens with zero attached hydrogens (tertiary/aromatic N) is 1. The number of hydrogen-bond acceptors (Lipinski definition) is 5. The summed E-state index contributed by atoms with van der Waals surface area (Å²) in [5, 5.41) is 10.8. The van der Waals surface area contributed by atoms with E-state index in [4.69, 9.17) is 21.1 Å². The molecule has 1 unspecified atom stereocenters. The highest BCUT2D eigenvalue weighted by Gasteiger charge is 2.19. The number of non-ortho nitro benzene ring substituents is 1. The van der Waals surface area contributed by atoms with Crippen LogP contribution in [0.25, 0.3) is 0 Å². The summed E-state index contributed by atoms with van der Waals surface area (Å²) in [6, 6.07) is 3.62. The molecule has 0 saturated heterocycles. The molecule has 19 heavy (non-hydrogen) atoms. The Morgan fingerprint density at radius 2 is 2.21 bits per heavy atom. The standard InChI is InChI=1S/C12H14ClNO5/c1-3-18-7-8(2)19-12(15)10-6-9(14(16)17)4-5-11(10)13/h4-6,8H,3,7H2,1-2H3. The second kappa shape index (κ2) is 7.06. The molecule has 0 aliphatic heterocycles. The van der Waals surface area contributed by atoms with Crippen LogP contribution in [0.2, 0.25) is 5.02 Å². The van der Waals surface area contributed by atoms with E-state index in [9.17, 15) is 14.9 Å². The van der Waals surface area contributed by atoms with E-state index >= 15 is 0 Å². The Bertz CT molecular complexity index is 477. The van der Waals surface area contributed by atoms with Gasteiger partial charge in [-0.15, -0.1) is 0 Å². The van der Waals surface area contributed by atoms with Crippen molar-refractivity contribution in [3.63, 3.8) is 0 Å². The third-order valence-electron chi connectivity index (χ3n) is 2.25. The first-order valence-electron chi connectivity index (χ1n) is 5.68. The lowest BCUT2D eigenvalue weighted by molar-refractivity contribution is -0.384. The lowest BCUT2D eigenvalue weighted by Crippen LogP contribution is -2.20. The highest BCUT2D eigenvalue weighted by atomic mass is 35.5. The summed E-state index contributed by atoms with van der Waals surface area (Å²) in [6.45, 7) is 4.26. The van der Waals surface area contributed by atoms with Gasteiger partial charge in [0, 0.05) is 18.7 Å². The largest absolute Gasteiger partial charge is 0.457 e. The lowest BCUT2D eigenvalue weighted by atomic mass is 10.2. The van der Waals surface area contributed by atoms with Gasteiger partial charge in [-0.2, -0.15) is 0 Å². The predicted molar refractivity (Wildman–Crippen MR) is 69.5 cm³/mol. The minimum Gasteiger partial charge on any atom is -0.457 e. The summed E-state index contributed by atoms with van der Waals surface area (Å²) < 4.78 is 10.2. The molecule has 104 valence electrons. The third-order valence-corrected chi connectivity index (χ3v) is 2.58. The van der Waals surface area contributed by atoms with E-state index in [0.717, 1.165) is 6.07 Å². The number of nitro groups is 1. The Balaban J connectivity index is 2.81. The van der Waals surface area contributed by atoms with E-state index in [-0.39, 0.29) is 22.9 Å². The zero-order valence-corrected chi connectivity index (χ0v) is 11.3. The maximum absolute atomic E-state index is 11.8. The van der Waals surface area contributed by atoms with E-state index in [1.54, 1.807) is 6.92 Å². The van der Waals surface area contributed by atoms with E-state index in [1.807, 2.05) is 6.92 Å². The minimum absolute atomic E-state index is 0.0285. The van der Waals surface area contributed by atoms with Crippen molar-refractivity contribution in [3.05, 3.63) is 38.9 Å². The van der Waals surface area contributed by atoms with Crippen LogP contribution in [-0.4, -0.2) is 30.2 Å². The molecule has 0 N–H and O–H groups in total. The Labute approximate surface area is 115 Å². The fourth-order valence-electron chi connectivity index (χ4n) is 1.35. The van der Waals surface area contributed by atoms with Crippen LogP contribution in [0.4, 0.5) is 5.69 Å². The van der Waals surface area contributed by atoms with Gasteiger partial charge in [-0.3, -0.25) is 10.1 Å². The normalized spacial score (nSPS) is 11.9. The summed E-state index contributed by atoms with van der Waals surface area (Å²) in [4.78, 5) is 21.9. The third kappa shape index (κ3) is 4.50. The van der Waals surface area contributed by atoms with Crippen molar-refractivity contribution < 1.29 is 19.2 Å². The fourth-order valence-corrected chi connectivity index (χ4v) is 1.54. The van der Waals surface area contributed by atoms with E-state index in [0.29, 0.717) is 6.61 Å². The molecule has 0 aliphatic rings. The van der Waals surface area contributed by atoms with E-state index in [2.05, 4.69) is 0 Å². The molecule has 1 aromatic rings. The number of carbonyl (C=O) groups excluding carboxylic acids is 1. The zero-order valence-electron chi connectivity index (χ0n) is 10.6. The van der Waals surface area contributed by atoms with Crippen molar-refractivity contribution in [2.24, 2.45) is 0 Å². The predicted octanol–water partition coefficient (Wildman–Crippen LogP) is 2.83. The first-order chi connectivity index (χ1) is 8.95. The van der Waals surface area contributed by atoms with Crippen LogP contribution in [0.1, 0.15) is 24.2 Å². The molecule has 0 fully saturated rings. The Morgan fingerprint density at radius 3 is 2.79 bits per heavy atom. The van der Waals surface area contributed by atoms with Crippen LogP contribution < -0.4 is 0 Å². The molecule has 0 saturated carbocycles. The number of esters is 1. The van der Waals surface area contributed by atoms with Crippen molar-refractivity contribution in [3.8, 4) is 0 Å². The van der Waals surface area contributed by atoms with Crippen LogP contribution in [0.15, 0.2) is 18.2 Å². The number of nitro benzene ring substituents is 1.